The van der Waals surface area contributed by atoms with Crippen LogP contribution in [0.4, 0.5) is 5.69 Å². The second-order valence-electron chi connectivity index (χ2n) is 6.19. The largest absolute Gasteiger partial charge is 0.497 e. The number of benzene rings is 1. The van der Waals surface area contributed by atoms with Crippen molar-refractivity contribution < 1.29 is 9.84 Å². The van der Waals surface area contributed by atoms with E-state index in [1.54, 1.807) is 24.1 Å². The Morgan fingerprint density at radius 2 is 2.00 bits per heavy atom. The molecule has 0 amide bonds. The average molecular weight is 381 g/mol. The highest BCUT2D eigenvalue weighted by molar-refractivity contribution is 7.25. The summed E-state index contributed by atoms with van der Waals surface area (Å²) < 4.78 is 7.49. The number of hydrogen-bond donors (Lipinski definition) is 1. The number of nitrogens with zero attached hydrogens (tertiary/aromatic N) is 3. The quantitative estimate of drug-likeness (QED) is 0.576. The van der Waals surface area contributed by atoms with Crippen molar-refractivity contribution in [3.05, 3.63) is 59.1 Å². The van der Waals surface area contributed by atoms with Crippen molar-refractivity contribution in [3.63, 3.8) is 0 Å². The van der Waals surface area contributed by atoms with Crippen LogP contribution in [0.3, 0.4) is 0 Å². The van der Waals surface area contributed by atoms with Gasteiger partial charge >= 0.3 is 0 Å². The minimum Gasteiger partial charge on any atom is -0.497 e. The molecule has 0 aliphatic carbocycles. The van der Waals surface area contributed by atoms with E-state index >= 15 is 0 Å². The number of aliphatic hydroxyl groups excluding tert-OH is 1. The van der Waals surface area contributed by atoms with Crippen molar-refractivity contribution in [3.8, 4) is 11.4 Å². The van der Waals surface area contributed by atoms with E-state index in [0.717, 1.165) is 32.7 Å². The first-order chi connectivity index (χ1) is 13.1. The Balaban J connectivity index is 1.92. The fourth-order valence-corrected chi connectivity index (χ4v) is 4.30. The van der Waals surface area contributed by atoms with Crippen LogP contribution in [0.1, 0.15) is 0 Å². The molecular weight excluding hydrogens is 362 g/mol. The molecule has 1 aromatic carbocycles. The van der Waals surface area contributed by atoms with E-state index in [1.807, 2.05) is 48.3 Å². The van der Waals surface area contributed by atoms with Gasteiger partial charge in [-0.3, -0.25) is 9.36 Å². The van der Waals surface area contributed by atoms with Gasteiger partial charge in [0.1, 0.15) is 15.3 Å². The SMILES string of the molecule is COc1ccc(-n2ccc3c(sc4nccc(N(C)CCO)c43)c2=O)cc1. The molecule has 0 unspecified atom stereocenters. The molecule has 138 valence electrons. The maximum Gasteiger partial charge on any atom is 0.273 e. The summed E-state index contributed by atoms with van der Waals surface area (Å²) in [6.45, 7) is 0.575. The van der Waals surface area contributed by atoms with Crippen LogP contribution in [0, 0.1) is 0 Å². The summed E-state index contributed by atoms with van der Waals surface area (Å²) in [5.74, 6) is 0.746. The second-order valence-corrected chi connectivity index (χ2v) is 7.19. The van der Waals surface area contributed by atoms with Gasteiger partial charge in [-0.1, -0.05) is 0 Å². The lowest BCUT2D eigenvalue weighted by atomic mass is 10.2. The summed E-state index contributed by atoms with van der Waals surface area (Å²) in [5, 5.41) is 11.1. The van der Waals surface area contributed by atoms with Crippen molar-refractivity contribution in [1.82, 2.24) is 9.55 Å². The monoisotopic (exact) mass is 381 g/mol. The normalized spacial score (nSPS) is 11.2. The van der Waals surface area contributed by atoms with Gasteiger partial charge < -0.3 is 14.7 Å². The molecule has 0 spiro atoms. The third-order valence-corrected chi connectivity index (χ3v) is 5.71. The van der Waals surface area contributed by atoms with Gasteiger partial charge in [0.05, 0.1) is 13.7 Å². The van der Waals surface area contributed by atoms with Crippen LogP contribution < -0.4 is 15.2 Å². The Kier molecular flexibility index (Phi) is 4.55. The topological polar surface area (TPSA) is 67.6 Å². The predicted molar refractivity (Wildman–Crippen MR) is 110 cm³/mol. The van der Waals surface area contributed by atoms with Crippen molar-refractivity contribution in [2.24, 2.45) is 0 Å². The fourth-order valence-electron chi connectivity index (χ4n) is 3.21. The molecule has 1 N–H and O–H groups in total. The van der Waals surface area contributed by atoms with Crippen molar-refractivity contribution in [2.45, 2.75) is 0 Å². The Morgan fingerprint density at radius 3 is 2.70 bits per heavy atom. The summed E-state index contributed by atoms with van der Waals surface area (Å²) in [5.41, 5.74) is 1.67. The zero-order valence-corrected chi connectivity index (χ0v) is 15.9. The van der Waals surface area contributed by atoms with Gasteiger partial charge in [0.25, 0.3) is 5.56 Å². The minimum atomic E-state index is -0.0728. The number of anilines is 1. The number of methoxy groups -OCH3 is 1. The number of aromatic nitrogens is 2. The van der Waals surface area contributed by atoms with Crippen LogP contribution in [-0.4, -0.2) is 42.0 Å². The van der Waals surface area contributed by atoms with E-state index in [1.165, 1.54) is 11.3 Å². The second kappa shape index (κ2) is 7.02. The zero-order chi connectivity index (χ0) is 19.0. The lowest BCUT2D eigenvalue weighted by Crippen LogP contribution is -2.21. The molecule has 4 aromatic rings. The molecule has 0 aliphatic heterocycles. The van der Waals surface area contributed by atoms with Crippen LogP contribution in [-0.2, 0) is 0 Å². The third kappa shape index (κ3) is 2.94. The van der Waals surface area contributed by atoms with E-state index in [-0.39, 0.29) is 12.2 Å². The molecule has 4 rings (SSSR count). The molecule has 3 aromatic heterocycles. The Morgan fingerprint density at radius 1 is 1.22 bits per heavy atom. The lowest BCUT2D eigenvalue weighted by Gasteiger charge is -2.18. The maximum atomic E-state index is 13.1. The highest BCUT2D eigenvalue weighted by Gasteiger charge is 2.16. The van der Waals surface area contributed by atoms with E-state index in [4.69, 9.17) is 4.74 Å². The summed E-state index contributed by atoms with van der Waals surface area (Å²) in [4.78, 5) is 20.4. The van der Waals surface area contributed by atoms with Gasteiger partial charge in [0.15, 0.2) is 0 Å². The molecule has 0 bridgehead atoms. The third-order valence-electron chi connectivity index (χ3n) is 4.61. The number of fused-ring (bicyclic) bond motifs is 3. The molecule has 0 radical (unpaired) electrons. The number of pyridine rings is 2. The van der Waals surface area contributed by atoms with Gasteiger partial charge in [-0.15, -0.1) is 11.3 Å². The summed E-state index contributed by atoms with van der Waals surface area (Å²) in [7, 11) is 3.54. The number of ether oxygens (including phenoxy) is 1. The standard InChI is InChI=1S/C20H19N3O3S/c1-22(11-12-24)16-7-9-21-19-17(16)15-8-10-23(20(25)18(15)27-19)13-3-5-14(26-2)6-4-13/h3-10,24H,11-12H2,1-2H3. The molecule has 7 heteroatoms. The molecule has 6 nitrogen and oxygen atoms in total. The predicted octanol–water partition coefficient (Wildman–Crippen LogP) is 3.04. The van der Waals surface area contributed by atoms with Crippen LogP contribution in [0.2, 0.25) is 0 Å². The highest BCUT2D eigenvalue weighted by atomic mass is 32.1. The Labute approximate surface area is 159 Å². The molecule has 0 aliphatic rings. The smallest absolute Gasteiger partial charge is 0.273 e. The van der Waals surface area contributed by atoms with Crippen LogP contribution in [0.15, 0.2) is 53.6 Å². The number of thiophene rings is 1. The molecule has 27 heavy (non-hydrogen) atoms. The van der Waals surface area contributed by atoms with E-state index in [2.05, 4.69) is 4.98 Å². The summed E-state index contributed by atoms with van der Waals surface area (Å²) >= 11 is 1.40. The number of likely N-dealkylation sites (N-methyl/N-ethyl adjacent to an activating group) is 1. The molecule has 0 atom stereocenters. The minimum absolute atomic E-state index is 0.0622. The lowest BCUT2D eigenvalue weighted by molar-refractivity contribution is 0.304. The summed E-state index contributed by atoms with van der Waals surface area (Å²) in [6, 6.07) is 11.3. The van der Waals surface area contributed by atoms with Gasteiger partial charge in [-0.2, -0.15) is 0 Å². The van der Waals surface area contributed by atoms with Crippen LogP contribution in [0.25, 0.3) is 26.0 Å². The number of hydrogen-bond acceptors (Lipinski definition) is 6. The summed E-state index contributed by atoms with van der Waals surface area (Å²) in [6.07, 6.45) is 3.53. The average Bonchev–Trinajstić information content (AvgIpc) is 3.08. The van der Waals surface area contributed by atoms with Crippen LogP contribution >= 0.6 is 11.3 Å². The Hall–Kier alpha value is -2.90. The Bertz CT molecular complexity index is 1160. The van der Waals surface area contributed by atoms with E-state index in [0.29, 0.717) is 11.2 Å². The van der Waals surface area contributed by atoms with E-state index in [9.17, 15) is 9.90 Å². The van der Waals surface area contributed by atoms with Crippen LogP contribution in [0.5, 0.6) is 5.75 Å². The first-order valence-corrected chi connectivity index (χ1v) is 9.35. The molecular formula is C20H19N3O3S. The van der Waals surface area contributed by atoms with Crippen molar-refractivity contribution in [2.75, 3.05) is 32.2 Å². The number of aliphatic hydroxyl groups is 1. The first kappa shape index (κ1) is 17.5. The van der Waals surface area contributed by atoms with Gasteiger partial charge in [-0.25, -0.2) is 4.98 Å². The zero-order valence-electron chi connectivity index (χ0n) is 15.0. The molecule has 0 fully saturated rings. The van der Waals surface area contributed by atoms with Gasteiger partial charge in [0.2, 0.25) is 0 Å². The number of rotatable bonds is 5. The van der Waals surface area contributed by atoms with Crippen molar-refractivity contribution >= 4 is 37.3 Å². The molecule has 0 saturated carbocycles. The molecule has 3 heterocycles. The van der Waals surface area contributed by atoms with E-state index < -0.39 is 0 Å². The van der Waals surface area contributed by atoms with Crippen molar-refractivity contribution in [1.29, 1.82) is 0 Å². The van der Waals surface area contributed by atoms with Gasteiger partial charge in [0, 0.05) is 48.1 Å². The first-order valence-electron chi connectivity index (χ1n) is 8.53. The van der Waals surface area contributed by atoms with Gasteiger partial charge in [-0.05, 0) is 36.4 Å². The highest BCUT2D eigenvalue weighted by Crippen LogP contribution is 2.36. The molecule has 0 saturated heterocycles. The maximum absolute atomic E-state index is 13.1. The fraction of sp³-hybridized carbons (Fsp3) is 0.200.